The Labute approximate surface area is 94.1 Å². The van der Waals surface area contributed by atoms with Crippen LogP contribution in [0.1, 0.15) is 12.8 Å². The fraction of sp³-hybridized carbons (Fsp3) is 0.250. The van der Waals surface area contributed by atoms with Gasteiger partial charge in [0, 0.05) is 12.1 Å². The van der Waals surface area contributed by atoms with Crippen LogP contribution in [0.25, 0.3) is 0 Å². The zero-order valence-electron chi connectivity index (χ0n) is 9.00. The maximum atomic E-state index is 12.6. The quantitative estimate of drug-likeness (QED) is 0.749. The lowest BCUT2D eigenvalue weighted by molar-refractivity contribution is -0.115. The van der Waals surface area contributed by atoms with Crippen molar-refractivity contribution in [2.45, 2.75) is 12.8 Å². The smallest absolute Gasteiger partial charge is 0.228 e. The Balaban J connectivity index is 2.45. The van der Waals surface area contributed by atoms with Crippen molar-refractivity contribution in [3.63, 3.8) is 0 Å². The third-order valence-corrected chi connectivity index (χ3v) is 2.04. The second kappa shape index (κ2) is 6.02. The number of carbonyl (C=O) groups excluding carboxylic acids is 1. The van der Waals surface area contributed by atoms with Gasteiger partial charge in [0.2, 0.25) is 5.91 Å². The predicted molar refractivity (Wildman–Crippen MR) is 62.5 cm³/mol. The number of halogens is 1. The highest BCUT2D eigenvalue weighted by atomic mass is 19.1. The number of rotatable bonds is 5. The number of amides is 1. The Morgan fingerprint density at radius 1 is 1.38 bits per heavy atom. The molecule has 1 amide bonds. The average Bonchev–Trinajstić information content (AvgIpc) is 2.21. The fourth-order valence-electron chi connectivity index (χ4n) is 1.26. The number of nitrogens with two attached hydrogens (primary N) is 1. The molecular weight excluding hydrogens is 207 g/mol. The minimum atomic E-state index is -0.328. The molecule has 3 N–H and O–H groups in total. The summed E-state index contributed by atoms with van der Waals surface area (Å²) in [5.74, 6) is -0.490. The van der Waals surface area contributed by atoms with Gasteiger partial charge in [-0.05, 0) is 37.2 Å². The fourth-order valence-corrected chi connectivity index (χ4v) is 1.26. The van der Waals surface area contributed by atoms with E-state index in [0.29, 0.717) is 18.7 Å². The first-order valence-electron chi connectivity index (χ1n) is 5.04. The van der Waals surface area contributed by atoms with Crippen molar-refractivity contribution in [3.05, 3.63) is 42.2 Å². The van der Waals surface area contributed by atoms with Crippen LogP contribution in [0.2, 0.25) is 0 Å². The maximum Gasteiger partial charge on any atom is 0.228 e. The van der Waals surface area contributed by atoms with Crippen molar-refractivity contribution in [2.24, 2.45) is 5.73 Å². The molecule has 0 atom stereocenters. The SMILES string of the molecule is C=C(CCN)CC(=O)Nc1ccc(F)cc1. The summed E-state index contributed by atoms with van der Waals surface area (Å²) in [5, 5.41) is 2.65. The number of benzene rings is 1. The third kappa shape index (κ3) is 4.23. The highest BCUT2D eigenvalue weighted by Gasteiger charge is 2.04. The molecule has 3 nitrogen and oxygen atoms in total. The molecule has 0 saturated heterocycles. The van der Waals surface area contributed by atoms with Gasteiger partial charge in [0.15, 0.2) is 0 Å². The Morgan fingerprint density at radius 3 is 2.56 bits per heavy atom. The first-order valence-corrected chi connectivity index (χ1v) is 5.04. The Morgan fingerprint density at radius 2 is 2.00 bits per heavy atom. The van der Waals surface area contributed by atoms with E-state index in [9.17, 15) is 9.18 Å². The van der Waals surface area contributed by atoms with E-state index in [1.54, 1.807) is 0 Å². The van der Waals surface area contributed by atoms with E-state index >= 15 is 0 Å². The summed E-state index contributed by atoms with van der Waals surface area (Å²) in [6.07, 6.45) is 0.880. The van der Waals surface area contributed by atoms with Crippen LogP contribution in [0.4, 0.5) is 10.1 Å². The maximum absolute atomic E-state index is 12.6. The van der Waals surface area contributed by atoms with Gasteiger partial charge in [-0.15, -0.1) is 0 Å². The summed E-state index contributed by atoms with van der Waals surface area (Å²) in [6.45, 7) is 4.23. The highest BCUT2D eigenvalue weighted by molar-refractivity contribution is 5.92. The van der Waals surface area contributed by atoms with Crippen LogP contribution >= 0.6 is 0 Å². The highest BCUT2D eigenvalue weighted by Crippen LogP contribution is 2.10. The van der Waals surface area contributed by atoms with Gasteiger partial charge in [-0.3, -0.25) is 4.79 Å². The molecule has 0 fully saturated rings. The molecular formula is C12H15FN2O. The van der Waals surface area contributed by atoms with E-state index < -0.39 is 0 Å². The Hall–Kier alpha value is -1.68. The lowest BCUT2D eigenvalue weighted by Gasteiger charge is -2.06. The van der Waals surface area contributed by atoms with E-state index in [1.165, 1.54) is 24.3 Å². The van der Waals surface area contributed by atoms with Gasteiger partial charge in [0.25, 0.3) is 0 Å². The lowest BCUT2D eigenvalue weighted by atomic mass is 10.1. The predicted octanol–water partition coefficient (Wildman–Crippen LogP) is 2.06. The van der Waals surface area contributed by atoms with Crippen molar-refractivity contribution >= 4 is 11.6 Å². The first-order chi connectivity index (χ1) is 7.61. The van der Waals surface area contributed by atoms with Crippen molar-refractivity contribution < 1.29 is 9.18 Å². The Kier molecular flexibility index (Phi) is 4.66. The molecule has 1 aromatic carbocycles. The molecule has 0 spiro atoms. The van der Waals surface area contributed by atoms with Crippen molar-refractivity contribution in [1.29, 1.82) is 0 Å². The number of hydrogen-bond donors (Lipinski definition) is 2. The van der Waals surface area contributed by atoms with E-state index in [0.717, 1.165) is 5.57 Å². The molecule has 0 radical (unpaired) electrons. The monoisotopic (exact) mass is 222 g/mol. The average molecular weight is 222 g/mol. The summed E-state index contributed by atoms with van der Waals surface area (Å²) in [5.41, 5.74) is 6.71. The minimum absolute atomic E-state index is 0.162. The van der Waals surface area contributed by atoms with Gasteiger partial charge < -0.3 is 11.1 Å². The molecule has 86 valence electrons. The second-order valence-corrected chi connectivity index (χ2v) is 3.52. The number of nitrogens with one attached hydrogen (secondary N) is 1. The second-order valence-electron chi connectivity index (χ2n) is 3.52. The van der Waals surface area contributed by atoms with Gasteiger partial charge in [-0.1, -0.05) is 12.2 Å². The zero-order valence-corrected chi connectivity index (χ0v) is 9.00. The van der Waals surface area contributed by atoms with Crippen LogP contribution in [0.3, 0.4) is 0 Å². The molecule has 0 unspecified atom stereocenters. The normalized spacial score (nSPS) is 9.88. The first kappa shape index (κ1) is 12.4. The zero-order chi connectivity index (χ0) is 12.0. The van der Waals surface area contributed by atoms with Crippen molar-refractivity contribution in [2.75, 3.05) is 11.9 Å². The van der Waals surface area contributed by atoms with E-state index in [4.69, 9.17) is 5.73 Å². The summed E-state index contributed by atoms with van der Waals surface area (Å²) in [7, 11) is 0. The van der Waals surface area contributed by atoms with E-state index in [1.807, 2.05) is 0 Å². The molecule has 16 heavy (non-hydrogen) atoms. The van der Waals surface area contributed by atoms with Crippen molar-refractivity contribution in [3.8, 4) is 0 Å². The van der Waals surface area contributed by atoms with Crippen LogP contribution in [0.15, 0.2) is 36.4 Å². The summed E-state index contributed by atoms with van der Waals surface area (Å²) >= 11 is 0. The largest absolute Gasteiger partial charge is 0.330 e. The summed E-state index contributed by atoms with van der Waals surface area (Å²) in [6, 6.07) is 5.62. The molecule has 0 saturated carbocycles. The topological polar surface area (TPSA) is 55.1 Å². The van der Waals surface area contributed by atoms with Gasteiger partial charge in [0.1, 0.15) is 5.82 Å². The molecule has 0 aliphatic heterocycles. The van der Waals surface area contributed by atoms with Crippen molar-refractivity contribution in [1.82, 2.24) is 0 Å². The van der Waals surface area contributed by atoms with Crippen LogP contribution < -0.4 is 11.1 Å². The number of hydrogen-bond acceptors (Lipinski definition) is 2. The van der Waals surface area contributed by atoms with Gasteiger partial charge in [-0.25, -0.2) is 4.39 Å². The molecule has 0 heterocycles. The summed E-state index contributed by atoms with van der Waals surface area (Å²) < 4.78 is 12.6. The molecule has 4 heteroatoms. The molecule has 0 aromatic heterocycles. The lowest BCUT2D eigenvalue weighted by Crippen LogP contribution is -2.13. The Bertz CT molecular complexity index is 373. The molecule has 0 bridgehead atoms. The van der Waals surface area contributed by atoms with E-state index in [2.05, 4.69) is 11.9 Å². The van der Waals surface area contributed by atoms with Gasteiger partial charge in [-0.2, -0.15) is 0 Å². The third-order valence-electron chi connectivity index (χ3n) is 2.04. The number of carbonyl (C=O) groups is 1. The van der Waals surface area contributed by atoms with Crippen LogP contribution in [-0.4, -0.2) is 12.5 Å². The molecule has 0 aliphatic carbocycles. The molecule has 1 aromatic rings. The molecule has 1 rings (SSSR count). The summed E-state index contributed by atoms with van der Waals surface area (Å²) in [4.78, 5) is 11.5. The van der Waals surface area contributed by atoms with Gasteiger partial charge in [0.05, 0.1) is 0 Å². The van der Waals surface area contributed by atoms with E-state index in [-0.39, 0.29) is 18.1 Å². The minimum Gasteiger partial charge on any atom is -0.330 e. The standard InChI is InChI=1S/C12H15FN2O/c1-9(6-7-14)8-12(16)15-11-4-2-10(13)3-5-11/h2-5H,1,6-8,14H2,(H,15,16). The van der Waals surface area contributed by atoms with Crippen LogP contribution in [-0.2, 0) is 4.79 Å². The molecule has 0 aliphatic rings. The number of anilines is 1. The van der Waals surface area contributed by atoms with Gasteiger partial charge >= 0.3 is 0 Å². The van der Waals surface area contributed by atoms with Crippen LogP contribution in [0.5, 0.6) is 0 Å². The van der Waals surface area contributed by atoms with Crippen LogP contribution in [0, 0.1) is 5.82 Å².